The molecule has 0 spiro atoms. The average molecular weight is 327 g/mol. The normalized spacial score (nSPS) is 22.2. The first-order chi connectivity index (χ1) is 11.8. The average Bonchev–Trinajstić information content (AvgIpc) is 3.26. The number of fused-ring (bicyclic) bond motifs is 1. The quantitative estimate of drug-likeness (QED) is 0.934. The molecule has 2 aromatic rings. The molecule has 1 aromatic carbocycles. The number of para-hydroxylation sites is 2. The van der Waals surface area contributed by atoms with Gasteiger partial charge in [0.15, 0.2) is 5.58 Å². The maximum Gasteiger partial charge on any atom is 0.298 e. The van der Waals surface area contributed by atoms with Crippen LogP contribution in [0.4, 0.5) is 6.01 Å². The summed E-state index contributed by atoms with van der Waals surface area (Å²) in [6, 6.07) is 8.82. The minimum absolute atomic E-state index is 0.220. The Bertz CT molecular complexity index is 672. The van der Waals surface area contributed by atoms with Gasteiger partial charge in [-0.3, -0.25) is 4.79 Å². The number of hydrogen-bond acceptors (Lipinski definition) is 4. The molecule has 5 heteroatoms. The standard InChI is InChI=1S/C19H25N3O2/c23-18(14-7-2-1-3-8-14)20-13-15-9-6-12-22(15)19-21-16-10-4-5-11-17(16)24-19/h4-5,10-11,14-15H,1-3,6-9,12-13H2,(H,20,23). The van der Waals surface area contributed by atoms with Gasteiger partial charge in [0.2, 0.25) is 5.91 Å². The topological polar surface area (TPSA) is 58.4 Å². The molecular weight excluding hydrogens is 302 g/mol. The molecule has 2 fully saturated rings. The Morgan fingerprint density at radius 2 is 2.00 bits per heavy atom. The van der Waals surface area contributed by atoms with Gasteiger partial charge >= 0.3 is 0 Å². The van der Waals surface area contributed by atoms with E-state index in [1.165, 1.54) is 19.3 Å². The number of benzene rings is 1. The van der Waals surface area contributed by atoms with Crippen molar-refractivity contribution in [2.45, 2.75) is 51.0 Å². The molecule has 4 rings (SSSR count). The van der Waals surface area contributed by atoms with Crippen LogP contribution in [0.15, 0.2) is 28.7 Å². The number of nitrogens with one attached hydrogen (secondary N) is 1. The fraction of sp³-hybridized carbons (Fsp3) is 0.579. The number of amides is 1. The molecule has 1 saturated carbocycles. The highest BCUT2D eigenvalue weighted by atomic mass is 16.4. The molecule has 2 heterocycles. The van der Waals surface area contributed by atoms with Crippen molar-refractivity contribution < 1.29 is 9.21 Å². The highest BCUT2D eigenvalue weighted by Gasteiger charge is 2.29. The van der Waals surface area contributed by atoms with Crippen LogP contribution in [-0.2, 0) is 4.79 Å². The van der Waals surface area contributed by atoms with Gasteiger partial charge in [-0.1, -0.05) is 31.4 Å². The second kappa shape index (κ2) is 6.83. The minimum atomic E-state index is 0.220. The Balaban J connectivity index is 1.40. The smallest absolute Gasteiger partial charge is 0.298 e. The molecular formula is C19H25N3O2. The Labute approximate surface area is 142 Å². The summed E-state index contributed by atoms with van der Waals surface area (Å²) in [5, 5.41) is 3.18. The molecule has 1 atom stereocenters. The van der Waals surface area contributed by atoms with E-state index < -0.39 is 0 Å². The molecule has 0 bridgehead atoms. The van der Waals surface area contributed by atoms with Crippen molar-refractivity contribution in [1.29, 1.82) is 0 Å². The number of carbonyl (C=O) groups excluding carboxylic acids is 1. The van der Waals surface area contributed by atoms with Crippen LogP contribution in [0.1, 0.15) is 44.9 Å². The second-order valence-electron chi connectivity index (χ2n) is 7.03. The van der Waals surface area contributed by atoms with Gasteiger partial charge in [0.05, 0.1) is 6.04 Å². The third kappa shape index (κ3) is 3.12. The zero-order valence-electron chi connectivity index (χ0n) is 14.0. The third-order valence-electron chi connectivity index (χ3n) is 5.39. The number of oxazole rings is 1. The SMILES string of the molecule is O=C(NCC1CCCN1c1nc2ccccc2o1)C1CCCCC1. The van der Waals surface area contributed by atoms with Gasteiger partial charge in [0, 0.05) is 19.0 Å². The molecule has 5 nitrogen and oxygen atoms in total. The first-order valence-corrected chi connectivity index (χ1v) is 9.21. The van der Waals surface area contributed by atoms with E-state index in [0.717, 1.165) is 43.3 Å². The Kier molecular flexibility index (Phi) is 4.41. The summed E-state index contributed by atoms with van der Waals surface area (Å²) >= 11 is 0. The first kappa shape index (κ1) is 15.5. The predicted molar refractivity (Wildman–Crippen MR) is 94.0 cm³/mol. The van der Waals surface area contributed by atoms with E-state index in [1.807, 2.05) is 24.3 Å². The molecule has 1 N–H and O–H groups in total. The molecule has 128 valence electrons. The monoisotopic (exact) mass is 327 g/mol. The van der Waals surface area contributed by atoms with E-state index in [0.29, 0.717) is 12.6 Å². The highest BCUT2D eigenvalue weighted by molar-refractivity contribution is 5.78. The molecule has 24 heavy (non-hydrogen) atoms. The summed E-state index contributed by atoms with van der Waals surface area (Å²) in [7, 11) is 0. The van der Waals surface area contributed by atoms with Crippen molar-refractivity contribution in [3.8, 4) is 0 Å². The lowest BCUT2D eigenvalue weighted by atomic mass is 9.88. The summed E-state index contributed by atoms with van der Waals surface area (Å²) in [4.78, 5) is 19.2. The number of nitrogens with zero attached hydrogens (tertiary/aromatic N) is 2. The van der Waals surface area contributed by atoms with Crippen LogP contribution in [0.25, 0.3) is 11.1 Å². The van der Waals surface area contributed by atoms with Crippen molar-refractivity contribution in [2.24, 2.45) is 5.92 Å². The molecule has 1 aliphatic heterocycles. The van der Waals surface area contributed by atoms with Crippen LogP contribution in [-0.4, -0.2) is 30.0 Å². The summed E-state index contributed by atoms with van der Waals surface area (Å²) < 4.78 is 5.91. The van der Waals surface area contributed by atoms with Crippen LogP contribution in [0.2, 0.25) is 0 Å². The van der Waals surface area contributed by atoms with Gasteiger partial charge in [-0.05, 0) is 37.8 Å². The third-order valence-corrected chi connectivity index (χ3v) is 5.39. The number of anilines is 1. The zero-order chi connectivity index (χ0) is 16.4. The van der Waals surface area contributed by atoms with Crippen LogP contribution < -0.4 is 10.2 Å². The number of hydrogen-bond donors (Lipinski definition) is 1. The molecule has 1 saturated heterocycles. The second-order valence-corrected chi connectivity index (χ2v) is 7.03. The maximum absolute atomic E-state index is 12.4. The Morgan fingerprint density at radius 1 is 1.17 bits per heavy atom. The summed E-state index contributed by atoms with van der Waals surface area (Å²) in [5.74, 6) is 0.456. The zero-order valence-corrected chi connectivity index (χ0v) is 14.0. The maximum atomic E-state index is 12.4. The van der Waals surface area contributed by atoms with E-state index in [9.17, 15) is 4.79 Å². The first-order valence-electron chi connectivity index (χ1n) is 9.21. The van der Waals surface area contributed by atoms with Gasteiger partial charge in [-0.15, -0.1) is 0 Å². The highest BCUT2D eigenvalue weighted by Crippen LogP contribution is 2.28. The van der Waals surface area contributed by atoms with E-state index in [4.69, 9.17) is 4.42 Å². The molecule has 1 amide bonds. The van der Waals surface area contributed by atoms with E-state index in [2.05, 4.69) is 15.2 Å². The van der Waals surface area contributed by atoms with Crippen LogP contribution >= 0.6 is 0 Å². The van der Waals surface area contributed by atoms with E-state index in [1.54, 1.807) is 0 Å². The molecule has 2 aliphatic rings. The minimum Gasteiger partial charge on any atom is -0.423 e. The van der Waals surface area contributed by atoms with Crippen molar-refractivity contribution >= 4 is 23.0 Å². The van der Waals surface area contributed by atoms with Crippen LogP contribution in [0, 0.1) is 5.92 Å². The van der Waals surface area contributed by atoms with Gasteiger partial charge in [0.1, 0.15) is 5.52 Å². The molecule has 0 radical (unpaired) electrons. The number of rotatable bonds is 4. The fourth-order valence-corrected chi connectivity index (χ4v) is 4.01. The molecule has 1 aliphatic carbocycles. The summed E-state index contributed by atoms with van der Waals surface area (Å²) in [6.07, 6.45) is 7.94. The largest absolute Gasteiger partial charge is 0.423 e. The van der Waals surface area contributed by atoms with Gasteiger partial charge in [0.25, 0.3) is 6.01 Å². The van der Waals surface area contributed by atoms with Crippen molar-refractivity contribution in [2.75, 3.05) is 18.0 Å². The predicted octanol–water partition coefficient (Wildman–Crippen LogP) is 3.49. The number of aromatic nitrogens is 1. The van der Waals surface area contributed by atoms with Crippen molar-refractivity contribution in [1.82, 2.24) is 10.3 Å². The Hall–Kier alpha value is -2.04. The number of carbonyl (C=O) groups is 1. The van der Waals surface area contributed by atoms with E-state index >= 15 is 0 Å². The summed E-state index contributed by atoms with van der Waals surface area (Å²) in [5.41, 5.74) is 1.72. The molecule has 1 aromatic heterocycles. The lowest BCUT2D eigenvalue weighted by molar-refractivity contribution is -0.125. The van der Waals surface area contributed by atoms with Gasteiger partial charge in [-0.2, -0.15) is 4.98 Å². The fourth-order valence-electron chi connectivity index (χ4n) is 4.01. The van der Waals surface area contributed by atoms with Crippen molar-refractivity contribution in [3.05, 3.63) is 24.3 Å². The van der Waals surface area contributed by atoms with Crippen molar-refractivity contribution in [3.63, 3.8) is 0 Å². The Morgan fingerprint density at radius 3 is 2.83 bits per heavy atom. The van der Waals surface area contributed by atoms with E-state index in [-0.39, 0.29) is 17.9 Å². The molecule has 1 unspecified atom stereocenters. The summed E-state index contributed by atoms with van der Waals surface area (Å²) in [6.45, 7) is 1.63. The lowest BCUT2D eigenvalue weighted by Gasteiger charge is -2.25. The van der Waals surface area contributed by atoms with Gasteiger partial charge < -0.3 is 14.6 Å². The van der Waals surface area contributed by atoms with Crippen LogP contribution in [0.5, 0.6) is 0 Å². The van der Waals surface area contributed by atoms with Gasteiger partial charge in [-0.25, -0.2) is 0 Å². The lowest BCUT2D eigenvalue weighted by Crippen LogP contribution is -2.42. The van der Waals surface area contributed by atoms with Crippen LogP contribution in [0.3, 0.4) is 0 Å².